The van der Waals surface area contributed by atoms with E-state index >= 15 is 0 Å². The van der Waals surface area contributed by atoms with Gasteiger partial charge in [-0.3, -0.25) is 9.59 Å². The van der Waals surface area contributed by atoms with Gasteiger partial charge in [-0.05, 0) is 23.6 Å². The molecule has 138 valence electrons. The number of benzene rings is 2. The van der Waals surface area contributed by atoms with Gasteiger partial charge in [0.05, 0.1) is 17.5 Å². The van der Waals surface area contributed by atoms with Gasteiger partial charge < -0.3 is 10.4 Å². The van der Waals surface area contributed by atoms with Crippen LogP contribution >= 0.6 is 11.3 Å². The Morgan fingerprint density at radius 1 is 1.04 bits per heavy atom. The Labute approximate surface area is 161 Å². The Balaban J connectivity index is 1.56. The number of aliphatic carboxylic acids is 1. The number of nitrogens with one attached hydrogen (secondary N) is 1. The molecule has 0 bridgehead atoms. The number of hydrogen-bond donors (Lipinski definition) is 2. The Hall–Kier alpha value is -2.73. The molecule has 2 N–H and O–H groups in total. The van der Waals surface area contributed by atoms with Crippen LogP contribution in [-0.2, 0) is 9.59 Å². The van der Waals surface area contributed by atoms with E-state index in [0.29, 0.717) is 18.0 Å². The van der Waals surface area contributed by atoms with E-state index in [1.165, 1.54) is 11.3 Å². The molecule has 1 fully saturated rings. The van der Waals surface area contributed by atoms with E-state index in [-0.39, 0.29) is 5.91 Å². The van der Waals surface area contributed by atoms with Gasteiger partial charge in [0, 0.05) is 10.9 Å². The third-order valence-electron chi connectivity index (χ3n) is 5.22. The molecule has 5 nitrogen and oxygen atoms in total. The predicted molar refractivity (Wildman–Crippen MR) is 107 cm³/mol. The molecule has 6 heteroatoms. The smallest absolute Gasteiger partial charge is 0.307 e. The van der Waals surface area contributed by atoms with Crippen LogP contribution in [-0.4, -0.2) is 22.0 Å². The molecular formula is C21H20N2O3S. The lowest BCUT2D eigenvalue weighted by atomic mass is 9.79. The largest absolute Gasteiger partial charge is 0.481 e. The lowest BCUT2D eigenvalue weighted by molar-refractivity contribution is -0.147. The summed E-state index contributed by atoms with van der Waals surface area (Å²) in [6.45, 7) is 0. The maximum Gasteiger partial charge on any atom is 0.307 e. The van der Waals surface area contributed by atoms with Gasteiger partial charge in [0.15, 0.2) is 5.13 Å². The molecule has 0 saturated heterocycles. The van der Waals surface area contributed by atoms with Gasteiger partial charge >= 0.3 is 5.97 Å². The first kappa shape index (κ1) is 17.7. The van der Waals surface area contributed by atoms with Gasteiger partial charge in [0.1, 0.15) is 0 Å². The minimum Gasteiger partial charge on any atom is -0.481 e. The van der Waals surface area contributed by atoms with Crippen LogP contribution in [0.25, 0.3) is 22.0 Å². The molecule has 1 aliphatic carbocycles. The Morgan fingerprint density at radius 3 is 2.59 bits per heavy atom. The van der Waals surface area contributed by atoms with Crippen molar-refractivity contribution in [2.45, 2.75) is 25.7 Å². The third-order valence-corrected chi connectivity index (χ3v) is 5.98. The highest BCUT2D eigenvalue weighted by atomic mass is 32.1. The highest BCUT2D eigenvalue weighted by Crippen LogP contribution is 2.33. The summed E-state index contributed by atoms with van der Waals surface area (Å²) in [4.78, 5) is 28.6. The number of carboxylic acids is 1. The van der Waals surface area contributed by atoms with Crippen LogP contribution in [0.2, 0.25) is 0 Å². The lowest BCUT2D eigenvalue weighted by Gasteiger charge is -2.26. The van der Waals surface area contributed by atoms with Crippen LogP contribution in [0.4, 0.5) is 5.13 Å². The fourth-order valence-electron chi connectivity index (χ4n) is 3.84. The van der Waals surface area contributed by atoms with Crippen molar-refractivity contribution < 1.29 is 14.7 Å². The van der Waals surface area contributed by atoms with Gasteiger partial charge in [-0.1, -0.05) is 55.3 Å². The van der Waals surface area contributed by atoms with Crippen LogP contribution in [0.1, 0.15) is 25.7 Å². The zero-order chi connectivity index (χ0) is 18.8. The highest BCUT2D eigenvalue weighted by Gasteiger charge is 2.36. The maximum atomic E-state index is 12.6. The SMILES string of the molecule is O=C(O)[C@H]1CCCC[C@H]1C(=O)Nc1nc(-c2cccc3ccccc23)cs1. The Bertz CT molecular complexity index is 993. The molecule has 0 unspecified atom stereocenters. The molecular weight excluding hydrogens is 360 g/mol. The molecule has 0 aliphatic heterocycles. The van der Waals surface area contributed by atoms with Crippen molar-refractivity contribution >= 4 is 39.1 Å². The minimum atomic E-state index is -0.884. The van der Waals surface area contributed by atoms with Crippen molar-refractivity contribution in [1.82, 2.24) is 4.98 Å². The minimum absolute atomic E-state index is 0.235. The summed E-state index contributed by atoms with van der Waals surface area (Å²) in [6.07, 6.45) is 2.93. The number of carboxylic acid groups (broad SMARTS) is 1. The highest BCUT2D eigenvalue weighted by molar-refractivity contribution is 7.14. The summed E-state index contributed by atoms with van der Waals surface area (Å²) in [5, 5.41) is 16.9. The van der Waals surface area contributed by atoms with Gasteiger partial charge in [-0.25, -0.2) is 4.98 Å². The van der Waals surface area contributed by atoms with E-state index in [2.05, 4.69) is 28.5 Å². The first-order chi connectivity index (χ1) is 13.1. The van der Waals surface area contributed by atoms with Crippen molar-refractivity contribution in [3.05, 3.63) is 47.8 Å². The normalized spacial score (nSPS) is 19.7. The Morgan fingerprint density at radius 2 is 1.78 bits per heavy atom. The molecule has 1 aliphatic rings. The zero-order valence-corrected chi connectivity index (χ0v) is 15.5. The number of carbonyl (C=O) groups excluding carboxylic acids is 1. The topological polar surface area (TPSA) is 79.3 Å². The average Bonchev–Trinajstić information content (AvgIpc) is 3.15. The van der Waals surface area contributed by atoms with Crippen molar-refractivity contribution in [3.63, 3.8) is 0 Å². The monoisotopic (exact) mass is 380 g/mol. The van der Waals surface area contributed by atoms with Gasteiger partial charge in [0.25, 0.3) is 0 Å². The number of thiazole rings is 1. The Kier molecular flexibility index (Phi) is 4.90. The molecule has 0 spiro atoms. The molecule has 2 atom stereocenters. The van der Waals surface area contributed by atoms with Crippen LogP contribution in [0.3, 0.4) is 0 Å². The number of anilines is 1. The van der Waals surface area contributed by atoms with Crippen LogP contribution in [0.15, 0.2) is 47.8 Å². The predicted octanol–water partition coefficient (Wildman–Crippen LogP) is 4.79. The van der Waals surface area contributed by atoms with Crippen LogP contribution in [0, 0.1) is 11.8 Å². The summed E-state index contributed by atoms with van der Waals surface area (Å²) >= 11 is 1.36. The number of aromatic nitrogens is 1. The summed E-state index contributed by atoms with van der Waals surface area (Å²) in [5.41, 5.74) is 1.83. The van der Waals surface area contributed by atoms with Gasteiger partial charge in [-0.2, -0.15) is 0 Å². The van der Waals surface area contributed by atoms with Gasteiger partial charge in [0.2, 0.25) is 5.91 Å². The molecule has 1 heterocycles. The fraction of sp³-hybridized carbons (Fsp3) is 0.286. The summed E-state index contributed by atoms with van der Waals surface area (Å²) < 4.78 is 0. The number of hydrogen-bond acceptors (Lipinski definition) is 4. The van der Waals surface area contributed by atoms with Crippen molar-refractivity contribution in [2.75, 3.05) is 5.32 Å². The first-order valence-corrected chi connectivity index (χ1v) is 9.99. The van der Waals surface area contributed by atoms with Crippen LogP contribution in [0.5, 0.6) is 0 Å². The molecule has 0 radical (unpaired) electrons. The third kappa shape index (κ3) is 3.57. The lowest BCUT2D eigenvalue weighted by Crippen LogP contribution is -2.36. The second-order valence-electron chi connectivity index (χ2n) is 6.89. The van der Waals surface area contributed by atoms with E-state index in [9.17, 15) is 14.7 Å². The number of amides is 1. The number of carbonyl (C=O) groups is 2. The average molecular weight is 380 g/mol. The molecule has 27 heavy (non-hydrogen) atoms. The number of fused-ring (bicyclic) bond motifs is 1. The molecule has 4 rings (SSSR count). The zero-order valence-electron chi connectivity index (χ0n) is 14.7. The molecule has 2 aromatic carbocycles. The molecule has 1 aromatic heterocycles. The second-order valence-corrected chi connectivity index (χ2v) is 7.75. The first-order valence-electron chi connectivity index (χ1n) is 9.11. The fourth-order valence-corrected chi connectivity index (χ4v) is 4.56. The van der Waals surface area contributed by atoms with E-state index in [1.807, 2.05) is 29.6 Å². The van der Waals surface area contributed by atoms with E-state index < -0.39 is 17.8 Å². The maximum absolute atomic E-state index is 12.6. The number of nitrogens with zero attached hydrogens (tertiary/aromatic N) is 1. The molecule has 1 amide bonds. The van der Waals surface area contributed by atoms with Crippen molar-refractivity contribution in [3.8, 4) is 11.3 Å². The van der Waals surface area contributed by atoms with E-state index in [1.54, 1.807) is 0 Å². The van der Waals surface area contributed by atoms with Crippen molar-refractivity contribution in [2.24, 2.45) is 11.8 Å². The summed E-state index contributed by atoms with van der Waals surface area (Å²) in [6, 6.07) is 14.2. The second kappa shape index (κ2) is 7.48. The summed E-state index contributed by atoms with van der Waals surface area (Å²) in [5.74, 6) is -2.20. The standard InChI is InChI=1S/C21H20N2O3S/c24-19(16-9-3-4-10-17(16)20(25)26)23-21-22-18(12-27-21)15-11-5-7-13-6-1-2-8-14(13)15/h1-2,5-8,11-12,16-17H,3-4,9-10H2,(H,25,26)(H,22,23,24)/t16-,17+/m1/s1. The summed E-state index contributed by atoms with van der Waals surface area (Å²) in [7, 11) is 0. The van der Waals surface area contributed by atoms with E-state index in [0.717, 1.165) is 34.9 Å². The van der Waals surface area contributed by atoms with Crippen LogP contribution < -0.4 is 5.32 Å². The molecule has 1 saturated carbocycles. The van der Waals surface area contributed by atoms with Crippen molar-refractivity contribution in [1.29, 1.82) is 0 Å². The van der Waals surface area contributed by atoms with E-state index in [4.69, 9.17) is 0 Å². The number of rotatable bonds is 4. The molecule has 3 aromatic rings. The van der Waals surface area contributed by atoms with Gasteiger partial charge in [-0.15, -0.1) is 11.3 Å². The quantitative estimate of drug-likeness (QED) is 0.682.